The van der Waals surface area contributed by atoms with Crippen molar-refractivity contribution in [2.75, 3.05) is 31.0 Å². The van der Waals surface area contributed by atoms with Gasteiger partial charge in [-0.3, -0.25) is 14.6 Å². The summed E-state index contributed by atoms with van der Waals surface area (Å²) in [6.45, 7) is -0.0823. The molecule has 0 aliphatic rings. The second kappa shape index (κ2) is 13.4. The highest BCUT2D eigenvalue weighted by molar-refractivity contribution is 7.90. The van der Waals surface area contributed by atoms with Crippen molar-refractivity contribution in [3.05, 3.63) is 89.9 Å². The quantitative estimate of drug-likeness (QED) is 0.228. The topological polar surface area (TPSA) is 136 Å². The molecule has 0 spiro atoms. The van der Waals surface area contributed by atoms with Crippen molar-refractivity contribution in [1.29, 1.82) is 0 Å². The first kappa shape index (κ1) is 30.3. The van der Waals surface area contributed by atoms with E-state index >= 15 is 4.39 Å². The standard InChI is InChI=1S/C29H27FN4O6S2/c1-39-26-17-23-20(16-21(26)28(36)32-12-13-42(2,37)38)24(10-11-31-23)40-25-9-8-19(15-22(25)30)33-29(41)34-27(35)14-18-6-4-3-5-7-18/h3-11,15-17H,12-14H2,1-2H3,(H,32,36)(H2,33,34,35,41). The summed E-state index contributed by atoms with van der Waals surface area (Å²) in [5.74, 6) is -1.48. The van der Waals surface area contributed by atoms with Gasteiger partial charge in [-0.25, -0.2) is 12.8 Å². The molecule has 3 aromatic carbocycles. The Balaban J connectivity index is 1.48. The molecular weight excluding hydrogens is 583 g/mol. The third-order valence-electron chi connectivity index (χ3n) is 5.90. The second-order valence-corrected chi connectivity index (χ2v) is 11.8. The number of rotatable bonds is 10. The molecule has 1 heterocycles. The van der Waals surface area contributed by atoms with Crippen molar-refractivity contribution in [2.24, 2.45) is 0 Å². The van der Waals surface area contributed by atoms with E-state index in [9.17, 15) is 18.0 Å². The lowest BCUT2D eigenvalue weighted by molar-refractivity contribution is -0.119. The SMILES string of the molecule is COc1cc2nccc(Oc3ccc(NC(=S)NC(=O)Cc4ccccc4)cc3F)c2cc1C(=O)NCCS(C)(=O)=O. The number of aromatic nitrogens is 1. The molecule has 0 unspecified atom stereocenters. The molecule has 218 valence electrons. The van der Waals surface area contributed by atoms with Gasteiger partial charge in [-0.15, -0.1) is 0 Å². The fourth-order valence-electron chi connectivity index (χ4n) is 3.92. The number of pyridine rings is 1. The van der Waals surface area contributed by atoms with Crippen LogP contribution >= 0.6 is 12.2 Å². The fourth-order valence-corrected chi connectivity index (χ4v) is 4.63. The number of fused-ring (bicyclic) bond motifs is 1. The number of amides is 2. The predicted molar refractivity (Wildman–Crippen MR) is 161 cm³/mol. The molecule has 1 aromatic heterocycles. The van der Waals surface area contributed by atoms with Gasteiger partial charge in [-0.2, -0.15) is 0 Å². The van der Waals surface area contributed by atoms with Crippen LogP contribution in [0.4, 0.5) is 10.1 Å². The van der Waals surface area contributed by atoms with Gasteiger partial charge >= 0.3 is 0 Å². The molecule has 0 bridgehead atoms. The number of sulfone groups is 1. The molecule has 0 saturated heterocycles. The minimum atomic E-state index is -3.27. The van der Waals surface area contributed by atoms with Gasteiger partial charge in [0.2, 0.25) is 5.91 Å². The molecule has 42 heavy (non-hydrogen) atoms. The minimum absolute atomic E-state index is 0.0143. The maximum absolute atomic E-state index is 15.1. The van der Waals surface area contributed by atoms with Gasteiger partial charge in [0.05, 0.1) is 30.4 Å². The Kier molecular flexibility index (Phi) is 9.65. The van der Waals surface area contributed by atoms with Crippen molar-refractivity contribution in [2.45, 2.75) is 6.42 Å². The highest BCUT2D eigenvalue weighted by atomic mass is 32.2. The maximum Gasteiger partial charge on any atom is 0.255 e. The highest BCUT2D eigenvalue weighted by Gasteiger charge is 2.18. The molecular formula is C29H27FN4O6S2. The largest absolute Gasteiger partial charge is 0.496 e. The molecule has 2 amide bonds. The van der Waals surface area contributed by atoms with Crippen LogP contribution < -0.4 is 25.4 Å². The zero-order chi connectivity index (χ0) is 30.3. The van der Waals surface area contributed by atoms with E-state index in [2.05, 4.69) is 20.9 Å². The zero-order valence-corrected chi connectivity index (χ0v) is 24.3. The Hall–Kier alpha value is -4.62. The Labute approximate surface area is 247 Å². The number of benzene rings is 3. The molecule has 4 aromatic rings. The van der Waals surface area contributed by atoms with Crippen molar-refractivity contribution < 1.29 is 31.9 Å². The van der Waals surface area contributed by atoms with Crippen LogP contribution in [0.1, 0.15) is 15.9 Å². The molecule has 0 saturated carbocycles. The van der Waals surface area contributed by atoms with Crippen LogP contribution in [0.2, 0.25) is 0 Å². The molecule has 0 radical (unpaired) electrons. The number of nitrogens with one attached hydrogen (secondary N) is 3. The summed E-state index contributed by atoms with van der Waals surface area (Å²) in [7, 11) is -1.88. The van der Waals surface area contributed by atoms with Gasteiger partial charge in [0.1, 0.15) is 21.3 Å². The maximum atomic E-state index is 15.1. The summed E-state index contributed by atoms with van der Waals surface area (Å²) in [5.41, 5.74) is 1.67. The summed E-state index contributed by atoms with van der Waals surface area (Å²) in [4.78, 5) is 29.3. The fraction of sp³-hybridized carbons (Fsp3) is 0.172. The normalized spacial score (nSPS) is 11.0. The first-order valence-electron chi connectivity index (χ1n) is 12.6. The molecule has 0 fully saturated rings. The van der Waals surface area contributed by atoms with Crippen LogP contribution in [0, 0.1) is 5.82 Å². The van der Waals surface area contributed by atoms with Crippen LogP contribution in [0.25, 0.3) is 10.9 Å². The van der Waals surface area contributed by atoms with Gasteiger partial charge < -0.3 is 25.4 Å². The number of carbonyl (C=O) groups excluding carboxylic acids is 2. The Morgan fingerprint density at radius 2 is 1.76 bits per heavy atom. The number of nitrogens with zero attached hydrogens (tertiary/aromatic N) is 1. The van der Waals surface area contributed by atoms with Crippen LogP contribution in [0.5, 0.6) is 17.2 Å². The first-order valence-corrected chi connectivity index (χ1v) is 15.0. The molecule has 4 rings (SSSR count). The molecule has 3 N–H and O–H groups in total. The molecule has 0 aliphatic heterocycles. The zero-order valence-electron chi connectivity index (χ0n) is 22.6. The Morgan fingerprint density at radius 3 is 2.45 bits per heavy atom. The summed E-state index contributed by atoms with van der Waals surface area (Å²) < 4.78 is 49.1. The Morgan fingerprint density at radius 1 is 1.00 bits per heavy atom. The first-order chi connectivity index (χ1) is 20.0. The van der Waals surface area contributed by atoms with Crippen LogP contribution in [-0.4, -0.2) is 56.0 Å². The van der Waals surface area contributed by atoms with E-state index in [1.807, 2.05) is 30.3 Å². The van der Waals surface area contributed by atoms with Gasteiger partial charge in [-0.05, 0) is 42.0 Å². The lowest BCUT2D eigenvalue weighted by atomic mass is 10.1. The van der Waals surface area contributed by atoms with E-state index in [-0.39, 0.29) is 52.6 Å². The average Bonchev–Trinajstić information content (AvgIpc) is 2.93. The lowest BCUT2D eigenvalue weighted by Crippen LogP contribution is -2.35. The Bertz CT molecular complexity index is 1750. The summed E-state index contributed by atoms with van der Waals surface area (Å²) >= 11 is 5.18. The predicted octanol–water partition coefficient (Wildman–Crippen LogP) is 4.00. The third kappa shape index (κ3) is 8.21. The number of methoxy groups -OCH3 is 1. The van der Waals surface area contributed by atoms with Gasteiger partial charge in [0.15, 0.2) is 16.7 Å². The van der Waals surface area contributed by atoms with E-state index in [1.54, 1.807) is 0 Å². The smallest absolute Gasteiger partial charge is 0.255 e. The summed E-state index contributed by atoms with van der Waals surface area (Å²) in [5, 5.41) is 8.31. The number of hydrogen-bond acceptors (Lipinski definition) is 8. The average molecular weight is 611 g/mol. The molecule has 10 nitrogen and oxygen atoms in total. The van der Waals surface area contributed by atoms with E-state index < -0.39 is 21.6 Å². The minimum Gasteiger partial charge on any atom is -0.496 e. The van der Waals surface area contributed by atoms with Crippen LogP contribution in [-0.2, 0) is 21.1 Å². The van der Waals surface area contributed by atoms with Gasteiger partial charge in [0.25, 0.3) is 5.91 Å². The van der Waals surface area contributed by atoms with Crippen molar-refractivity contribution in [3.63, 3.8) is 0 Å². The van der Waals surface area contributed by atoms with Crippen LogP contribution in [0.3, 0.4) is 0 Å². The number of anilines is 1. The van der Waals surface area contributed by atoms with E-state index in [4.69, 9.17) is 21.7 Å². The van der Waals surface area contributed by atoms with Gasteiger partial charge in [-0.1, -0.05) is 30.3 Å². The van der Waals surface area contributed by atoms with Gasteiger partial charge in [0, 0.05) is 42.2 Å². The third-order valence-corrected chi connectivity index (χ3v) is 7.05. The number of halogens is 1. The van der Waals surface area contributed by atoms with Crippen molar-refractivity contribution >= 4 is 55.6 Å². The summed E-state index contributed by atoms with van der Waals surface area (Å²) in [6, 6.07) is 17.8. The summed E-state index contributed by atoms with van der Waals surface area (Å²) in [6.07, 6.45) is 2.68. The molecule has 0 atom stereocenters. The monoisotopic (exact) mass is 610 g/mol. The van der Waals surface area contributed by atoms with E-state index in [1.165, 1.54) is 43.6 Å². The number of hydrogen-bond donors (Lipinski definition) is 3. The van der Waals surface area contributed by atoms with E-state index in [0.717, 1.165) is 17.9 Å². The molecule has 13 heteroatoms. The second-order valence-electron chi connectivity index (χ2n) is 9.18. The van der Waals surface area contributed by atoms with Crippen molar-refractivity contribution in [1.82, 2.24) is 15.6 Å². The number of ether oxygens (including phenoxy) is 2. The molecule has 0 aliphatic carbocycles. The highest BCUT2D eigenvalue weighted by Crippen LogP contribution is 2.34. The van der Waals surface area contributed by atoms with Crippen molar-refractivity contribution in [3.8, 4) is 17.2 Å². The van der Waals surface area contributed by atoms with E-state index in [0.29, 0.717) is 16.6 Å². The number of thiocarbonyl (C=S) groups is 1. The van der Waals surface area contributed by atoms with Crippen LogP contribution in [0.15, 0.2) is 72.9 Å². The number of carbonyl (C=O) groups is 2. The lowest BCUT2D eigenvalue weighted by Gasteiger charge is -2.14.